The molecule has 4 aromatic rings. The summed E-state index contributed by atoms with van der Waals surface area (Å²) in [6, 6.07) is 11.1. The van der Waals surface area contributed by atoms with E-state index in [9.17, 15) is 14.4 Å². The number of piperazine rings is 1. The fourth-order valence-corrected chi connectivity index (χ4v) is 5.09. The highest BCUT2D eigenvalue weighted by Crippen LogP contribution is 2.20. The Kier molecular flexibility index (Phi) is 5.84. The van der Waals surface area contributed by atoms with Crippen molar-refractivity contribution >= 4 is 28.0 Å². The molecule has 1 saturated heterocycles. The summed E-state index contributed by atoms with van der Waals surface area (Å²) in [4.78, 5) is 47.4. The van der Waals surface area contributed by atoms with Crippen molar-refractivity contribution in [3.05, 3.63) is 81.0 Å². The van der Waals surface area contributed by atoms with Crippen LogP contribution >= 0.6 is 11.3 Å². The molecule has 1 aliphatic heterocycles. The van der Waals surface area contributed by atoms with Crippen LogP contribution in [0.1, 0.15) is 27.4 Å². The number of nitrogens with zero attached hydrogens (tertiary/aromatic N) is 6. The van der Waals surface area contributed by atoms with Gasteiger partial charge in [0.2, 0.25) is 0 Å². The number of carbonyl (C=O) groups excluding carboxylic acids is 2. The third-order valence-corrected chi connectivity index (χ3v) is 6.87. The molecule has 1 aromatic carbocycles. The van der Waals surface area contributed by atoms with Gasteiger partial charge in [0, 0.05) is 50.4 Å². The Balaban J connectivity index is 1.25. The van der Waals surface area contributed by atoms with E-state index in [0.717, 1.165) is 5.69 Å². The Morgan fingerprint density at radius 2 is 1.79 bits per heavy atom. The van der Waals surface area contributed by atoms with Gasteiger partial charge in [0.1, 0.15) is 0 Å². The molecule has 0 saturated carbocycles. The van der Waals surface area contributed by atoms with Crippen LogP contribution in [0.5, 0.6) is 0 Å². The number of para-hydroxylation sites is 1. The molecule has 1 fully saturated rings. The first-order valence-corrected chi connectivity index (χ1v) is 11.9. The average Bonchev–Trinajstić information content (AvgIpc) is 3.43. The van der Waals surface area contributed by atoms with Gasteiger partial charge < -0.3 is 4.90 Å². The highest BCUT2D eigenvalue weighted by molar-refractivity contribution is 7.15. The van der Waals surface area contributed by atoms with Gasteiger partial charge in [-0.25, -0.2) is 9.67 Å². The maximum atomic E-state index is 13.1. The minimum atomic E-state index is -0.525. The number of rotatable bonds is 5. The van der Waals surface area contributed by atoms with E-state index in [4.69, 9.17) is 0 Å². The number of thiazole rings is 1. The summed E-state index contributed by atoms with van der Waals surface area (Å²) >= 11 is 1.42. The van der Waals surface area contributed by atoms with Crippen LogP contribution in [-0.4, -0.2) is 66.8 Å². The Bertz CT molecular complexity index is 1430. The number of Topliss-reactive ketones (excluding diaryl/α,β-unsaturated/α-hetero) is 1. The van der Waals surface area contributed by atoms with Crippen LogP contribution in [0.4, 0.5) is 0 Å². The molecule has 4 heterocycles. The van der Waals surface area contributed by atoms with E-state index in [-0.39, 0.29) is 5.56 Å². The molecule has 34 heavy (non-hydrogen) atoms. The molecule has 0 N–H and O–H groups in total. The first-order valence-electron chi connectivity index (χ1n) is 11.1. The molecular formula is C24H24N6O3S. The van der Waals surface area contributed by atoms with Crippen molar-refractivity contribution in [1.82, 2.24) is 29.0 Å². The second kappa shape index (κ2) is 8.96. The Morgan fingerprint density at radius 1 is 1.06 bits per heavy atom. The van der Waals surface area contributed by atoms with Gasteiger partial charge in [-0.05, 0) is 26.0 Å². The lowest BCUT2D eigenvalue weighted by molar-refractivity contribution is -0.128. The molecule has 0 unspecified atom stereocenters. The van der Waals surface area contributed by atoms with E-state index in [0.29, 0.717) is 60.3 Å². The normalized spacial score (nSPS) is 14.6. The van der Waals surface area contributed by atoms with Crippen molar-refractivity contribution in [3.63, 3.8) is 0 Å². The fraction of sp³-hybridized carbons (Fsp3) is 0.292. The summed E-state index contributed by atoms with van der Waals surface area (Å²) < 4.78 is 3.23. The first-order chi connectivity index (χ1) is 16.4. The summed E-state index contributed by atoms with van der Waals surface area (Å²) in [5, 5.41) is 6.33. The molecule has 5 rings (SSSR count). The maximum Gasteiger partial charge on any atom is 0.295 e. The van der Waals surface area contributed by atoms with Gasteiger partial charge in [0.05, 0.1) is 28.3 Å². The van der Waals surface area contributed by atoms with Crippen molar-refractivity contribution in [2.24, 2.45) is 0 Å². The number of ketones is 1. The Hall–Kier alpha value is -3.63. The zero-order valence-electron chi connectivity index (χ0n) is 19.0. The Morgan fingerprint density at radius 3 is 2.53 bits per heavy atom. The molecule has 174 valence electrons. The summed E-state index contributed by atoms with van der Waals surface area (Å²) in [6.45, 7) is 6.18. The highest BCUT2D eigenvalue weighted by atomic mass is 32.1. The molecular weight excluding hydrogens is 452 g/mol. The lowest BCUT2D eigenvalue weighted by atomic mass is 10.1. The summed E-state index contributed by atoms with van der Waals surface area (Å²) in [6.07, 6.45) is 1.72. The number of aryl methyl sites for hydroxylation is 1. The maximum absolute atomic E-state index is 13.1. The minimum Gasteiger partial charge on any atom is -0.333 e. The molecule has 0 spiro atoms. The molecule has 0 radical (unpaired) electrons. The summed E-state index contributed by atoms with van der Waals surface area (Å²) in [5.41, 5.74) is 3.02. The van der Waals surface area contributed by atoms with Crippen LogP contribution in [0.15, 0.2) is 52.8 Å². The minimum absolute atomic E-state index is 0.0950. The van der Waals surface area contributed by atoms with Crippen molar-refractivity contribution < 1.29 is 9.59 Å². The largest absolute Gasteiger partial charge is 0.333 e. The van der Waals surface area contributed by atoms with E-state index in [1.165, 1.54) is 15.7 Å². The van der Waals surface area contributed by atoms with Gasteiger partial charge in [-0.15, -0.1) is 11.3 Å². The molecule has 0 atom stereocenters. The monoisotopic (exact) mass is 476 g/mol. The van der Waals surface area contributed by atoms with E-state index in [1.54, 1.807) is 28.8 Å². The van der Waals surface area contributed by atoms with Crippen molar-refractivity contribution in [1.29, 1.82) is 0 Å². The zero-order chi connectivity index (χ0) is 23.8. The van der Waals surface area contributed by atoms with Crippen molar-refractivity contribution in [2.75, 3.05) is 26.2 Å². The number of fused-ring (bicyclic) bond motifs is 1. The van der Waals surface area contributed by atoms with Crippen LogP contribution in [0, 0.1) is 13.8 Å². The lowest BCUT2D eigenvalue weighted by Gasteiger charge is -2.34. The average molecular weight is 477 g/mol. The van der Waals surface area contributed by atoms with Crippen molar-refractivity contribution in [2.45, 2.75) is 20.4 Å². The zero-order valence-corrected chi connectivity index (χ0v) is 19.8. The molecule has 10 heteroatoms. The molecule has 1 aliphatic rings. The number of hydrogen-bond acceptors (Lipinski definition) is 7. The summed E-state index contributed by atoms with van der Waals surface area (Å²) in [5.74, 6) is -1.03. The van der Waals surface area contributed by atoms with Gasteiger partial charge in [0.15, 0.2) is 4.96 Å². The standard InChI is InChI=1S/C24H24N6O3S/c1-16-21(17(2)30(26-16)19-6-4-3-5-7-19)22(32)23(33)28-10-8-27(9-11-28)15-18-14-20(31)29-12-13-34-24(29)25-18/h3-7,12-14H,8-11,15H2,1-2H3. The molecule has 3 aromatic heterocycles. The number of aromatic nitrogens is 4. The van der Waals surface area contributed by atoms with Crippen LogP contribution in [-0.2, 0) is 11.3 Å². The van der Waals surface area contributed by atoms with Crippen LogP contribution < -0.4 is 5.56 Å². The van der Waals surface area contributed by atoms with Gasteiger partial charge in [-0.1, -0.05) is 18.2 Å². The molecule has 1 amide bonds. The number of carbonyl (C=O) groups is 2. The smallest absolute Gasteiger partial charge is 0.295 e. The van der Waals surface area contributed by atoms with Crippen LogP contribution in [0.3, 0.4) is 0 Å². The van der Waals surface area contributed by atoms with Gasteiger partial charge >= 0.3 is 0 Å². The molecule has 0 bridgehead atoms. The number of amides is 1. The van der Waals surface area contributed by atoms with Gasteiger partial charge in [0.25, 0.3) is 17.2 Å². The predicted octanol–water partition coefficient (Wildman–Crippen LogP) is 2.09. The van der Waals surface area contributed by atoms with Gasteiger partial charge in [-0.3, -0.25) is 23.7 Å². The van der Waals surface area contributed by atoms with Crippen LogP contribution in [0.2, 0.25) is 0 Å². The SMILES string of the molecule is Cc1nn(-c2ccccc2)c(C)c1C(=O)C(=O)N1CCN(Cc2cc(=O)n3ccsc3n2)CC1. The van der Waals surface area contributed by atoms with E-state index >= 15 is 0 Å². The van der Waals surface area contributed by atoms with E-state index in [2.05, 4.69) is 15.0 Å². The van der Waals surface area contributed by atoms with E-state index in [1.807, 2.05) is 42.6 Å². The Labute approximate surface area is 199 Å². The molecule has 0 aliphatic carbocycles. The topological polar surface area (TPSA) is 92.8 Å². The molecule has 9 nitrogen and oxygen atoms in total. The number of hydrogen-bond donors (Lipinski definition) is 0. The number of benzene rings is 1. The third kappa shape index (κ3) is 4.06. The van der Waals surface area contributed by atoms with Crippen LogP contribution in [0.25, 0.3) is 10.6 Å². The quantitative estimate of drug-likeness (QED) is 0.324. The third-order valence-electron chi connectivity index (χ3n) is 6.11. The van der Waals surface area contributed by atoms with E-state index < -0.39 is 11.7 Å². The van der Waals surface area contributed by atoms with Gasteiger partial charge in [-0.2, -0.15) is 5.10 Å². The second-order valence-electron chi connectivity index (χ2n) is 8.33. The predicted molar refractivity (Wildman–Crippen MR) is 129 cm³/mol. The first kappa shape index (κ1) is 22.2. The van der Waals surface area contributed by atoms with Crippen molar-refractivity contribution in [3.8, 4) is 5.69 Å². The summed E-state index contributed by atoms with van der Waals surface area (Å²) in [7, 11) is 0. The fourth-order valence-electron chi connectivity index (χ4n) is 4.35. The second-order valence-corrected chi connectivity index (χ2v) is 9.20. The highest BCUT2D eigenvalue weighted by Gasteiger charge is 2.31. The lowest BCUT2D eigenvalue weighted by Crippen LogP contribution is -2.50.